The summed E-state index contributed by atoms with van der Waals surface area (Å²) in [5, 5.41) is 3.49. The average molecular weight is 388 g/mol. The summed E-state index contributed by atoms with van der Waals surface area (Å²) in [6.45, 7) is 2.97. The lowest BCUT2D eigenvalue weighted by Crippen LogP contribution is -3.00. The highest BCUT2D eigenvalue weighted by atomic mass is 35.5. The molecule has 6 nitrogen and oxygen atoms in total. The molecule has 1 aliphatic heterocycles. The van der Waals surface area contributed by atoms with Gasteiger partial charge in [-0.1, -0.05) is 18.2 Å². The Balaban J connectivity index is 0.00000210. The maximum absolute atomic E-state index is 5.46. The first-order valence-electron chi connectivity index (χ1n) is 8.93. The standard InChI is InChI=1S/C20H24N4O2.ClH/c1-23(2)10-5-11-24-17-7-4-3-6-16(17)22-20(24)21-13-15-8-9-18-19(12-15)26-14-25-18;/h3-4,6-9,12H,5,10-11,13-14H2,1-2H3,(H,21,22);1H/p-1. The summed E-state index contributed by atoms with van der Waals surface area (Å²) in [5.74, 6) is 2.52. The summed E-state index contributed by atoms with van der Waals surface area (Å²) < 4.78 is 13.1. The maximum Gasteiger partial charge on any atom is 0.231 e. The molecule has 0 saturated carbocycles. The zero-order valence-corrected chi connectivity index (χ0v) is 16.4. The zero-order valence-electron chi connectivity index (χ0n) is 15.6. The minimum Gasteiger partial charge on any atom is -1.00 e. The summed E-state index contributed by atoms with van der Waals surface area (Å²) in [6.07, 6.45) is 1.08. The van der Waals surface area contributed by atoms with Gasteiger partial charge in [0, 0.05) is 13.1 Å². The van der Waals surface area contributed by atoms with Crippen LogP contribution in [0.4, 0.5) is 5.95 Å². The van der Waals surface area contributed by atoms with E-state index in [1.807, 2.05) is 18.2 Å². The van der Waals surface area contributed by atoms with Crippen LogP contribution >= 0.6 is 0 Å². The van der Waals surface area contributed by atoms with Gasteiger partial charge in [-0.2, -0.15) is 0 Å². The molecule has 4 rings (SSSR count). The molecule has 1 aromatic heterocycles. The van der Waals surface area contributed by atoms with Crippen molar-refractivity contribution in [1.29, 1.82) is 0 Å². The van der Waals surface area contributed by atoms with Crippen molar-refractivity contribution in [2.24, 2.45) is 0 Å². The van der Waals surface area contributed by atoms with Crippen LogP contribution in [-0.2, 0) is 13.1 Å². The third kappa shape index (κ3) is 4.28. The number of fused-ring (bicyclic) bond motifs is 2. The molecule has 0 fully saturated rings. The van der Waals surface area contributed by atoms with E-state index in [0.717, 1.165) is 48.0 Å². The molecule has 0 saturated heterocycles. The molecule has 2 heterocycles. The van der Waals surface area contributed by atoms with Crippen molar-refractivity contribution < 1.29 is 21.9 Å². The fraction of sp³-hybridized carbons (Fsp3) is 0.350. The lowest BCUT2D eigenvalue weighted by Gasteiger charge is -2.13. The van der Waals surface area contributed by atoms with Crippen molar-refractivity contribution >= 4 is 17.0 Å². The predicted octanol–water partition coefficient (Wildman–Crippen LogP) is 0.333. The number of rotatable bonds is 7. The molecule has 3 aromatic rings. The number of anilines is 1. The Morgan fingerprint density at radius 2 is 1.93 bits per heavy atom. The first-order chi connectivity index (χ1) is 12.7. The number of hydrogen-bond acceptors (Lipinski definition) is 5. The topological polar surface area (TPSA) is 51.5 Å². The molecule has 0 amide bonds. The van der Waals surface area contributed by atoms with Crippen LogP contribution in [0.15, 0.2) is 42.5 Å². The molecule has 144 valence electrons. The van der Waals surface area contributed by atoms with Crippen molar-refractivity contribution in [2.75, 3.05) is 32.7 Å². The van der Waals surface area contributed by atoms with Gasteiger partial charge < -0.3 is 36.7 Å². The van der Waals surface area contributed by atoms with Gasteiger partial charge in [-0.3, -0.25) is 0 Å². The van der Waals surface area contributed by atoms with E-state index in [4.69, 9.17) is 14.5 Å². The van der Waals surface area contributed by atoms with E-state index in [2.05, 4.69) is 53.1 Å². The number of benzene rings is 2. The van der Waals surface area contributed by atoms with Crippen LogP contribution < -0.4 is 27.2 Å². The Labute approximate surface area is 165 Å². The molecule has 1 N–H and O–H groups in total. The highest BCUT2D eigenvalue weighted by molar-refractivity contribution is 5.78. The first kappa shape index (κ1) is 19.3. The van der Waals surface area contributed by atoms with Gasteiger partial charge in [0.1, 0.15) is 0 Å². The number of aromatic nitrogens is 2. The fourth-order valence-electron chi connectivity index (χ4n) is 3.21. The van der Waals surface area contributed by atoms with E-state index in [1.54, 1.807) is 0 Å². The highest BCUT2D eigenvalue weighted by Gasteiger charge is 2.14. The van der Waals surface area contributed by atoms with E-state index in [-0.39, 0.29) is 12.4 Å². The number of para-hydroxylation sites is 2. The van der Waals surface area contributed by atoms with Gasteiger partial charge in [0.25, 0.3) is 0 Å². The Hall–Kier alpha value is -2.44. The first-order valence-corrected chi connectivity index (χ1v) is 8.93. The molecule has 2 aromatic carbocycles. The quantitative estimate of drug-likeness (QED) is 0.633. The number of hydrogen-bond donors (Lipinski definition) is 1. The van der Waals surface area contributed by atoms with E-state index < -0.39 is 0 Å². The van der Waals surface area contributed by atoms with Crippen LogP contribution in [-0.4, -0.2) is 41.9 Å². The van der Waals surface area contributed by atoms with Crippen molar-refractivity contribution in [3.8, 4) is 11.5 Å². The molecule has 0 radical (unpaired) electrons. The monoisotopic (exact) mass is 387 g/mol. The molecular formula is C20H24ClN4O2-. The van der Waals surface area contributed by atoms with Gasteiger partial charge in [-0.15, -0.1) is 0 Å². The SMILES string of the molecule is CN(C)CCCn1c(NCc2ccc3c(c2)OCO3)nc2ccccc21.[Cl-]. The van der Waals surface area contributed by atoms with E-state index >= 15 is 0 Å². The van der Waals surface area contributed by atoms with Crippen molar-refractivity contribution in [3.63, 3.8) is 0 Å². The van der Waals surface area contributed by atoms with Crippen LogP contribution in [0.25, 0.3) is 11.0 Å². The minimum atomic E-state index is 0. The summed E-state index contributed by atoms with van der Waals surface area (Å²) >= 11 is 0. The molecule has 0 bridgehead atoms. The molecule has 27 heavy (non-hydrogen) atoms. The third-order valence-electron chi connectivity index (χ3n) is 4.53. The Morgan fingerprint density at radius 3 is 2.78 bits per heavy atom. The molecule has 0 spiro atoms. The number of nitrogens with zero attached hydrogens (tertiary/aromatic N) is 3. The Morgan fingerprint density at radius 1 is 1.11 bits per heavy atom. The molecule has 0 unspecified atom stereocenters. The van der Waals surface area contributed by atoms with E-state index in [1.165, 1.54) is 5.52 Å². The number of ether oxygens (including phenoxy) is 2. The summed E-state index contributed by atoms with van der Waals surface area (Å²) in [5.41, 5.74) is 3.33. The van der Waals surface area contributed by atoms with Gasteiger partial charge in [-0.25, -0.2) is 4.98 Å². The Bertz CT molecular complexity index is 910. The lowest BCUT2D eigenvalue weighted by molar-refractivity contribution is -0.00000698. The molecular weight excluding hydrogens is 364 g/mol. The summed E-state index contributed by atoms with van der Waals surface area (Å²) in [7, 11) is 4.20. The van der Waals surface area contributed by atoms with Gasteiger partial charge in [0.05, 0.1) is 11.0 Å². The van der Waals surface area contributed by atoms with Crippen molar-refractivity contribution in [2.45, 2.75) is 19.5 Å². The fourth-order valence-corrected chi connectivity index (χ4v) is 3.21. The highest BCUT2D eigenvalue weighted by Crippen LogP contribution is 2.32. The van der Waals surface area contributed by atoms with Crippen LogP contribution in [0.3, 0.4) is 0 Å². The second-order valence-corrected chi connectivity index (χ2v) is 6.77. The lowest BCUT2D eigenvalue weighted by atomic mass is 10.2. The predicted molar refractivity (Wildman–Crippen MR) is 103 cm³/mol. The van der Waals surface area contributed by atoms with Gasteiger partial charge >= 0.3 is 0 Å². The van der Waals surface area contributed by atoms with Crippen LogP contribution in [0.2, 0.25) is 0 Å². The average Bonchev–Trinajstić information content (AvgIpc) is 3.24. The normalized spacial score (nSPS) is 12.4. The van der Waals surface area contributed by atoms with E-state index in [9.17, 15) is 0 Å². The molecule has 1 aliphatic rings. The van der Waals surface area contributed by atoms with Crippen LogP contribution in [0, 0.1) is 0 Å². The molecule has 0 atom stereocenters. The van der Waals surface area contributed by atoms with Gasteiger partial charge in [0.15, 0.2) is 11.5 Å². The molecule has 0 aliphatic carbocycles. The largest absolute Gasteiger partial charge is 1.00 e. The third-order valence-corrected chi connectivity index (χ3v) is 4.53. The van der Waals surface area contributed by atoms with Crippen molar-refractivity contribution in [3.05, 3.63) is 48.0 Å². The number of imidazole rings is 1. The van der Waals surface area contributed by atoms with Crippen LogP contribution in [0.1, 0.15) is 12.0 Å². The second-order valence-electron chi connectivity index (χ2n) is 6.77. The summed E-state index contributed by atoms with van der Waals surface area (Å²) in [6, 6.07) is 14.3. The minimum absolute atomic E-state index is 0. The molecule has 7 heteroatoms. The second kappa shape index (κ2) is 8.50. The number of halogens is 1. The Kier molecular flexibility index (Phi) is 6.08. The summed E-state index contributed by atoms with van der Waals surface area (Å²) in [4.78, 5) is 6.99. The zero-order chi connectivity index (χ0) is 17.9. The van der Waals surface area contributed by atoms with E-state index in [0.29, 0.717) is 13.3 Å². The smallest absolute Gasteiger partial charge is 0.231 e. The van der Waals surface area contributed by atoms with Gasteiger partial charge in [-0.05, 0) is 56.9 Å². The van der Waals surface area contributed by atoms with Crippen molar-refractivity contribution in [1.82, 2.24) is 14.5 Å². The number of aryl methyl sites for hydroxylation is 1. The van der Waals surface area contributed by atoms with Crippen LogP contribution in [0.5, 0.6) is 11.5 Å². The maximum atomic E-state index is 5.46. The number of nitrogens with one attached hydrogen (secondary N) is 1. The van der Waals surface area contributed by atoms with Gasteiger partial charge in [0.2, 0.25) is 12.7 Å².